The van der Waals surface area contributed by atoms with Gasteiger partial charge in [-0.15, -0.1) is 0 Å². The summed E-state index contributed by atoms with van der Waals surface area (Å²) in [6.45, 7) is 0. The van der Waals surface area contributed by atoms with Crippen LogP contribution >= 0.6 is 11.8 Å². The van der Waals surface area contributed by atoms with Gasteiger partial charge < -0.3 is 15.5 Å². The highest BCUT2D eigenvalue weighted by Crippen LogP contribution is 2.43. The molecule has 2 N–H and O–H groups in total. The van der Waals surface area contributed by atoms with Gasteiger partial charge in [-0.2, -0.15) is 0 Å². The second-order valence-corrected chi connectivity index (χ2v) is 5.99. The molecular weight excluding hydrogens is 282 g/mol. The number of rotatable bonds is 0. The molecule has 0 unspecified atom stereocenters. The zero-order chi connectivity index (χ0) is 14.4. The Morgan fingerprint density at radius 3 is 2.29 bits per heavy atom. The maximum absolute atomic E-state index is 12.6. The van der Waals surface area contributed by atoms with Gasteiger partial charge >= 0.3 is 0 Å². The van der Waals surface area contributed by atoms with Crippen molar-refractivity contribution in [1.82, 2.24) is 0 Å². The van der Waals surface area contributed by atoms with Crippen molar-refractivity contribution in [1.29, 1.82) is 0 Å². The van der Waals surface area contributed by atoms with E-state index in [-0.39, 0.29) is 5.91 Å². The van der Waals surface area contributed by atoms with Crippen molar-refractivity contribution in [2.75, 3.05) is 22.6 Å². The Morgan fingerprint density at radius 1 is 0.952 bits per heavy atom. The van der Waals surface area contributed by atoms with Crippen LogP contribution in [0.4, 0.5) is 17.1 Å². The Kier molecular flexibility index (Phi) is 2.68. The maximum atomic E-state index is 12.6. The third-order valence-corrected chi connectivity index (χ3v) is 4.76. The summed E-state index contributed by atoms with van der Waals surface area (Å²) in [6, 6.07) is 15.9. The average Bonchev–Trinajstić information content (AvgIpc) is 2.94. The van der Waals surface area contributed by atoms with E-state index in [9.17, 15) is 4.79 Å². The number of anilines is 3. The fourth-order valence-corrected chi connectivity index (χ4v) is 3.61. The first kappa shape index (κ1) is 12.3. The van der Waals surface area contributed by atoms with E-state index in [2.05, 4.69) is 10.6 Å². The molecule has 0 fully saturated rings. The minimum absolute atomic E-state index is 0.00139. The second kappa shape index (κ2) is 4.56. The molecule has 1 amide bonds. The summed E-state index contributed by atoms with van der Waals surface area (Å²) < 4.78 is 0. The van der Waals surface area contributed by atoms with Crippen LogP contribution in [0.25, 0.3) is 0 Å². The van der Waals surface area contributed by atoms with Gasteiger partial charge in [0.2, 0.25) is 0 Å². The predicted molar refractivity (Wildman–Crippen MR) is 86.4 cm³/mol. The van der Waals surface area contributed by atoms with E-state index in [1.807, 2.05) is 55.6 Å². The quantitative estimate of drug-likeness (QED) is 0.731. The molecule has 4 nitrogen and oxygen atoms in total. The van der Waals surface area contributed by atoms with Gasteiger partial charge in [-0.1, -0.05) is 36.0 Å². The summed E-state index contributed by atoms with van der Waals surface area (Å²) in [5.74, 6) is 0.758. The van der Waals surface area contributed by atoms with E-state index in [0.29, 0.717) is 4.91 Å². The molecule has 0 aliphatic carbocycles. The summed E-state index contributed by atoms with van der Waals surface area (Å²) in [7, 11) is 1.81. The SMILES string of the molecule is CN1C(=O)C(=C2Nc3ccccc3N2)Sc2ccccc21. The predicted octanol–water partition coefficient (Wildman–Crippen LogP) is 3.46. The van der Waals surface area contributed by atoms with Crippen LogP contribution in [0.3, 0.4) is 0 Å². The molecule has 2 aromatic carbocycles. The number of hydrogen-bond acceptors (Lipinski definition) is 4. The van der Waals surface area contributed by atoms with Crippen LogP contribution in [0.5, 0.6) is 0 Å². The Hall–Kier alpha value is -2.40. The summed E-state index contributed by atoms with van der Waals surface area (Å²) in [6.07, 6.45) is 0. The van der Waals surface area contributed by atoms with Crippen molar-refractivity contribution in [3.8, 4) is 0 Å². The first-order valence-electron chi connectivity index (χ1n) is 6.66. The molecule has 0 saturated carbocycles. The molecule has 5 heteroatoms. The van der Waals surface area contributed by atoms with E-state index in [1.54, 1.807) is 4.90 Å². The molecule has 0 aromatic heterocycles. The van der Waals surface area contributed by atoms with Crippen LogP contribution in [0.2, 0.25) is 0 Å². The van der Waals surface area contributed by atoms with E-state index in [4.69, 9.17) is 0 Å². The lowest BCUT2D eigenvalue weighted by Crippen LogP contribution is -2.31. The maximum Gasteiger partial charge on any atom is 0.268 e. The van der Waals surface area contributed by atoms with Crippen LogP contribution in [0, 0.1) is 0 Å². The Bertz CT molecular complexity index is 758. The van der Waals surface area contributed by atoms with Crippen molar-refractivity contribution < 1.29 is 4.79 Å². The van der Waals surface area contributed by atoms with E-state index >= 15 is 0 Å². The highest BCUT2D eigenvalue weighted by Gasteiger charge is 2.31. The molecule has 0 saturated heterocycles. The standard InChI is InChI=1S/C16H13N3OS/c1-19-12-8-4-5-9-13(12)21-14(16(19)20)15-17-10-6-2-3-7-11(10)18-15/h2-9,17-18H,1H3. The van der Waals surface area contributed by atoms with Crippen LogP contribution in [-0.2, 0) is 4.79 Å². The third kappa shape index (κ3) is 1.89. The first-order chi connectivity index (χ1) is 10.2. The summed E-state index contributed by atoms with van der Waals surface area (Å²) in [5.41, 5.74) is 2.94. The molecule has 104 valence electrons. The molecule has 2 heterocycles. The fourth-order valence-electron chi connectivity index (χ4n) is 2.51. The van der Waals surface area contributed by atoms with Gasteiger partial charge in [-0.25, -0.2) is 0 Å². The van der Waals surface area contributed by atoms with Crippen molar-refractivity contribution in [3.63, 3.8) is 0 Å². The van der Waals surface area contributed by atoms with E-state index in [1.165, 1.54) is 11.8 Å². The number of carbonyl (C=O) groups excluding carboxylic acids is 1. The third-order valence-electron chi connectivity index (χ3n) is 3.61. The first-order valence-corrected chi connectivity index (χ1v) is 7.48. The summed E-state index contributed by atoms with van der Waals surface area (Å²) >= 11 is 1.50. The molecule has 2 aliphatic rings. The normalized spacial score (nSPS) is 16.2. The highest BCUT2D eigenvalue weighted by atomic mass is 32.2. The van der Waals surface area contributed by atoms with E-state index in [0.717, 1.165) is 27.8 Å². The van der Waals surface area contributed by atoms with Gasteiger partial charge in [0.15, 0.2) is 0 Å². The van der Waals surface area contributed by atoms with Gasteiger partial charge in [0.05, 0.1) is 17.1 Å². The highest BCUT2D eigenvalue weighted by molar-refractivity contribution is 8.04. The summed E-state index contributed by atoms with van der Waals surface area (Å²) in [5, 5.41) is 6.57. The number of hydrogen-bond donors (Lipinski definition) is 2. The number of nitrogens with zero attached hydrogens (tertiary/aromatic N) is 1. The van der Waals surface area contributed by atoms with Crippen molar-refractivity contribution >= 4 is 34.7 Å². The smallest absolute Gasteiger partial charge is 0.268 e. The zero-order valence-electron chi connectivity index (χ0n) is 11.4. The number of nitrogens with one attached hydrogen (secondary N) is 2. The Balaban J connectivity index is 1.78. The minimum atomic E-state index is 0.00139. The van der Waals surface area contributed by atoms with Gasteiger partial charge in [0.25, 0.3) is 5.91 Å². The lowest BCUT2D eigenvalue weighted by Gasteiger charge is -2.27. The van der Waals surface area contributed by atoms with Crippen LogP contribution in [0.1, 0.15) is 0 Å². The second-order valence-electron chi connectivity index (χ2n) is 4.93. The molecule has 4 rings (SSSR count). The molecule has 2 aliphatic heterocycles. The molecular formula is C16H13N3OS. The van der Waals surface area contributed by atoms with Crippen molar-refractivity contribution in [3.05, 3.63) is 59.3 Å². The average molecular weight is 295 g/mol. The van der Waals surface area contributed by atoms with Crippen molar-refractivity contribution in [2.24, 2.45) is 0 Å². The molecule has 0 radical (unpaired) electrons. The van der Waals surface area contributed by atoms with Gasteiger partial charge in [0, 0.05) is 11.9 Å². The summed E-state index contributed by atoms with van der Waals surface area (Å²) in [4.78, 5) is 16.1. The molecule has 0 bridgehead atoms. The molecule has 21 heavy (non-hydrogen) atoms. The molecule has 0 spiro atoms. The number of likely N-dealkylation sites (N-methyl/N-ethyl adjacent to an activating group) is 1. The number of thioether (sulfide) groups is 1. The molecule has 0 atom stereocenters. The lowest BCUT2D eigenvalue weighted by molar-refractivity contribution is -0.114. The minimum Gasteiger partial charge on any atom is -0.339 e. The van der Waals surface area contributed by atoms with Gasteiger partial charge in [-0.05, 0) is 24.3 Å². The Labute approximate surface area is 126 Å². The number of para-hydroxylation sites is 3. The van der Waals surface area contributed by atoms with Crippen LogP contribution in [-0.4, -0.2) is 13.0 Å². The topological polar surface area (TPSA) is 44.4 Å². The number of benzene rings is 2. The lowest BCUT2D eigenvalue weighted by atomic mass is 10.3. The van der Waals surface area contributed by atoms with Gasteiger partial charge in [0.1, 0.15) is 10.7 Å². The van der Waals surface area contributed by atoms with Gasteiger partial charge in [-0.3, -0.25) is 4.79 Å². The van der Waals surface area contributed by atoms with Crippen molar-refractivity contribution in [2.45, 2.75) is 4.90 Å². The fraction of sp³-hybridized carbons (Fsp3) is 0.0625. The van der Waals surface area contributed by atoms with Crippen LogP contribution < -0.4 is 15.5 Å². The Morgan fingerprint density at radius 2 is 1.57 bits per heavy atom. The number of carbonyl (C=O) groups is 1. The molecule has 2 aromatic rings. The number of amides is 1. The number of fused-ring (bicyclic) bond motifs is 2. The largest absolute Gasteiger partial charge is 0.339 e. The van der Waals surface area contributed by atoms with Crippen LogP contribution in [0.15, 0.2) is 64.2 Å². The zero-order valence-corrected chi connectivity index (χ0v) is 12.2. The van der Waals surface area contributed by atoms with E-state index < -0.39 is 0 Å². The monoisotopic (exact) mass is 295 g/mol.